The molecule has 10 rings (SSSR count). The molecule has 0 amide bonds. The molecule has 0 saturated heterocycles. The van der Waals surface area contributed by atoms with Crippen molar-refractivity contribution in [1.82, 2.24) is 0 Å². The van der Waals surface area contributed by atoms with E-state index in [2.05, 4.69) is 172 Å². The van der Waals surface area contributed by atoms with Crippen molar-refractivity contribution in [2.75, 3.05) is 14.7 Å². The molecule has 0 N–H and O–H groups in total. The number of benzene rings is 7. The number of para-hydroxylation sites is 5. The lowest BCUT2D eigenvalue weighted by molar-refractivity contribution is 1.13. The molecule has 0 radical (unpaired) electrons. The fourth-order valence-corrected chi connectivity index (χ4v) is 9.01. The van der Waals surface area contributed by atoms with Gasteiger partial charge in [-0.3, -0.25) is 0 Å². The van der Waals surface area contributed by atoms with E-state index in [1.165, 1.54) is 43.2 Å². The minimum absolute atomic E-state index is 0.0451. The minimum Gasteiger partial charge on any atom is -0.311 e. The van der Waals surface area contributed by atoms with Gasteiger partial charge >= 0.3 is 0 Å². The Labute approximate surface area is 290 Å². The van der Waals surface area contributed by atoms with Crippen molar-refractivity contribution in [1.29, 1.82) is 5.26 Å². The van der Waals surface area contributed by atoms with Crippen molar-refractivity contribution in [3.05, 3.63) is 169 Å². The monoisotopic (exact) mass is 642 g/mol. The van der Waals surface area contributed by atoms with E-state index in [9.17, 15) is 5.26 Å². The predicted molar refractivity (Wildman–Crippen MR) is 204 cm³/mol. The molecule has 3 aliphatic heterocycles. The maximum absolute atomic E-state index is 9.64. The Morgan fingerprint density at radius 2 is 0.980 bits per heavy atom. The quantitative estimate of drug-likeness (QED) is 0.179. The molecule has 7 aromatic rings. The molecule has 3 heterocycles. The zero-order valence-electron chi connectivity index (χ0n) is 26.4. The van der Waals surface area contributed by atoms with Crippen LogP contribution in [0.15, 0.2) is 174 Å². The van der Waals surface area contributed by atoms with Crippen LogP contribution < -0.4 is 31.1 Å². The van der Waals surface area contributed by atoms with Gasteiger partial charge in [0.1, 0.15) is 0 Å². The minimum atomic E-state index is 0.0451. The molecule has 0 fully saturated rings. The van der Waals surface area contributed by atoms with Gasteiger partial charge in [0.25, 0.3) is 6.71 Å². The van der Waals surface area contributed by atoms with E-state index >= 15 is 0 Å². The van der Waals surface area contributed by atoms with Gasteiger partial charge in [-0.05, 0) is 95.3 Å². The van der Waals surface area contributed by atoms with E-state index in [-0.39, 0.29) is 6.71 Å². The second-order valence-corrected chi connectivity index (χ2v) is 13.5. The van der Waals surface area contributed by atoms with Crippen LogP contribution in [-0.4, -0.2) is 6.71 Å². The van der Waals surface area contributed by atoms with Gasteiger partial charge in [0.2, 0.25) is 0 Å². The molecule has 3 aliphatic rings. The number of nitriles is 1. The number of anilines is 9. The third-order valence-electron chi connectivity index (χ3n) is 9.83. The topological polar surface area (TPSA) is 33.5 Å². The van der Waals surface area contributed by atoms with E-state index in [0.29, 0.717) is 5.56 Å². The van der Waals surface area contributed by atoms with Crippen molar-refractivity contribution < 1.29 is 0 Å². The van der Waals surface area contributed by atoms with Crippen molar-refractivity contribution in [3.63, 3.8) is 0 Å². The molecular formula is C43H27BN4S. The summed E-state index contributed by atoms with van der Waals surface area (Å²) in [5, 5.41) is 9.64. The van der Waals surface area contributed by atoms with Gasteiger partial charge in [0.05, 0.1) is 33.6 Å². The SMILES string of the molecule is N#Cc1ccc(N2c3ccccc3Sc3c2cc2c4c3N(c3ccccc3)c3ccccc3B4c3ccccc3N2c2ccccc2)cc1. The first-order valence-electron chi connectivity index (χ1n) is 16.5. The number of rotatable bonds is 3. The van der Waals surface area contributed by atoms with E-state index in [4.69, 9.17) is 0 Å². The van der Waals surface area contributed by atoms with Crippen LogP contribution in [0.25, 0.3) is 0 Å². The third kappa shape index (κ3) is 4.13. The lowest BCUT2D eigenvalue weighted by atomic mass is 9.33. The van der Waals surface area contributed by atoms with Crippen molar-refractivity contribution in [2.45, 2.75) is 9.79 Å². The van der Waals surface area contributed by atoms with Gasteiger partial charge in [0, 0.05) is 39.0 Å². The fourth-order valence-electron chi connectivity index (χ4n) is 7.83. The van der Waals surface area contributed by atoms with Crippen molar-refractivity contribution >= 4 is 86.0 Å². The lowest BCUT2D eigenvalue weighted by Crippen LogP contribution is -2.61. The molecular weight excluding hydrogens is 615 g/mol. The average molecular weight is 643 g/mol. The molecule has 228 valence electrons. The molecule has 0 saturated carbocycles. The molecule has 0 unspecified atom stereocenters. The van der Waals surface area contributed by atoms with E-state index in [1.807, 2.05) is 23.9 Å². The van der Waals surface area contributed by atoms with Crippen molar-refractivity contribution in [3.8, 4) is 6.07 Å². The Kier molecular flexibility index (Phi) is 6.24. The van der Waals surface area contributed by atoms with Crippen LogP contribution in [0.4, 0.5) is 51.2 Å². The number of hydrogen-bond donors (Lipinski definition) is 0. The van der Waals surface area contributed by atoms with Gasteiger partial charge in [-0.25, -0.2) is 0 Å². The zero-order chi connectivity index (χ0) is 32.5. The molecule has 0 spiro atoms. The predicted octanol–water partition coefficient (Wildman–Crippen LogP) is 9.58. The Bertz CT molecular complexity index is 2450. The van der Waals surface area contributed by atoms with Crippen LogP contribution in [0.2, 0.25) is 0 Å². The summed E-state index contributed by atoms with van der Waals surface area (Å²) in [6, 6.07) is 60.6. The molecule has 0 aliphatic carbocycles. The average Bonchev–Trinajstić information content (AvgIpc) is 3.17. The molecule has 4 nitrogen and oxygen atoms in total. The third-order valence-corrected chi connectivity index (χ3v) is 11.0. The van der Waals surface area contributed by atoms with Gasteiger partial charge in [-0.1, -0.05) is 96.7 Å². The van der Waals surface area contributed by atoms with Crippen LogP contribution in [-0.2, 0) is 0 Å². The van der Waals surface area contributed by atoms with Gasteiger partial charge < -0.3 is 14.7 Å². The van der Waals surface area contributed by atoms with Crippen LogP contribution >= 0.6 is 11.8 Å². The Hall–Kier alpha value is -6.16. The largest absolute Gasteiger partial charge is 0.311 e. The summed E-state index contributed by atoms with van der Waals surface area (Å²) in [6.07, 6.45) is 0. The molecule has 0 bridgehead atoms. The number of nitrogens with zero attached hydrogens (tertiary/aromatic N) is 4. The number of fused-ring (bicyclic) bond motifs is 7. The maximum Gasteiger partial charge on any atom is 0.252 e. The summed E-state index contributed by atoms with van der Waals surface area (Å²) in [5.74, 6) is 0. The number of hydrogen-bond acceptors (Lipinski definition) is 5. The highest BCUT2D eigenvalue weighted by Gasteiger charge is 2.46. The van der Waals surface area contributed by atoms with Crippen LogP contribution in [0.5, 0.6) is 0 Å². The van der Waals surface area contributed by atoms with E-state index < -0.39 is 0 Å². The first-order valence-corrected chi connectivity index (χ1v) is 17.3. The van der Waals surface area contributed by atoms with Crippen LogP contribution in [0, 0.1) is 11.3 Å². The van der Waals surface area contributed by atoms with E-state index in [0.717, 1.165) is 34.1 Å². The highest BCUT2D eigenvalue weighted by atomic mass is 32.2. The fraction of sp³-hybridized carbons (Fsp3) is 0. The van der Waals surface area contributed by atoms with Crippen molar-refractivity contribution in [2.24, 2.45) is 0 Å². The molecule has 0 aromatic heterocycles. The Morgan fingerprint density at radius 3 is 1.63 bits per heavy atom. The van der Waals surface area contributed by atoms with Crippen LogP contribution in [0.1, 0.15) is 5.56 Å². The highest BCUT2D eigenvalue weighted by molar-refractivity contribution is 8.00. The van der Waals surface area contributed by atoms with E-state index in [1.54, 1.807) is 0 Å². The first-order chi connectivity index (χ1) is 24.3. The van der Waals surface area contributed by atoms with Crippen LogP contribution in [0.3, 0.4) is 0 Å². The molecule has 6 heteroatoms. The summed E-state index contributed by atoms with van der Waals surface area (Å²) in [6.45, 7) is 0.0451. The normalized spacial score (nSPS) is 13.4. The molecule has 0 atom stereocenters. The highest BCUT2D eigenvalue weighted by Crippen LogP contribution is 2.58. The van der Waals surface area contributed by atoms with Gasteiger partial charge in [0.15, 0.2) is 0 Å². The maximum atomic E-state index is 9.64. The second kappa shape index (κ2) is 11.0. The molecule has 7 aromatic carbocycles. The standard InChI is InChI=1S/C43H27BN4S/c45-28-29-23-25-32(26-24-29)47-37-21-11-12-22-40(37)49-43-39(47)27-38-41-42(43)48(31-15-5-2-6-16-31)36-20-10-8-18-34(36)44(41)33-17-7-9-19-35(33)46(38)30-13-3-1-4-14-30/h1-27H. The summed E-state index contributed by atoms with van der Waals surface area (Å²) in [4.78, 5) is 9.71. The Morgan fingerprint density at radius 1 is 0.469 bits per heavy atom. The lowest BCUT2D eigenvalue weighted by Gasteiger charge is -2.46. The summed E-state index contributed by atoms with van der Waals surface area (Å²) in [7, 11) is 0. The smallest absolute Gasteiger partial charge is 0.252 e. The second-order valence-electron chi connectivity index (χ2n) is 12.5. The summed E-state index contributed by atoms with van der Waals surface area (Å²) < 4.78 is 0. The molecule has 49 heavy (non-hydrogen) atoms. The summed E-state index contributed by atoms with van der Waals surface area (Å²) in [5.41, 5.74) is 14.8. The first kappa shape index (κ1) is 27.9. The van der Waals surface area contributed by atoms with Gasteiger partial charge in [-0.2, -0.15) is 5.26 Å². The Balaban J connectivity index is 1.37. The van der Waals surface area contributed by atoms with Gasteiger partial charge in [-0.15, -0.1) is 0 Å². The zero-order valence-corrected chi connectivity index (χ0v) is 27.2. The summed E-state index contributed by atoms with van der Waals surface area (Å²) >= 11 is 1.85.